The number of hydrogen-bond acceptors (Lipinski definition) is 8. The predicted octanol–water partition coefficient (Wildman–Crippen LogP) is 4.78. The van der Waals surface area contributed by atoms with Crippen LogP contribution in [0.3, 0.4) is 0 Å². The van der Waals surface area contributed by atoms with Crippen molar-refractivity contribution in [2.45, 2.75) is 84.3 Å². The molecule has 1 unspecified atom stereocenters. The Morgan fingerprint density at radius 2 is 1.97 bits per heavy atom. The number of oxazole rings is 1. The van der Waals surface area contributed by atoms with Crippen molar-refractivity contribution < 1.29 is 32.6 Å². The number of hydrogen-bond donors (Lipinski definition) is 3. The summed E-state index contributed by atoms with van der Waals surface area (Å²) < 4.78 is 31.8. The average molecular weight is 486 g/mol. The molecule has 0 fully saturated rings. The lowest BCUT2D eigenvalue weighted by molar-refractivity contribution is 0.0388. The van der Waals surface area contributed by atoms with Gasteiger partial charge in [-0.2, -0.15) is 0 Å². The Morgan fingerprint density at radius 1 is 1.24 bits per heavy atom. The second-order valence-corrected chi connectivity index (χ2v) is 10.8. The second kappa shape index (κ2) is 11.4. The van der Waals surface area contributed by atoms with Gasteiger partial charge in [0.25, 0.3) is 0 Å². The van der Waals surface area contributed by atoms with Crippen LogP contribution >= 0.6 is 7.82 Å². The summed E-state index contributed by atoms with van der Waals surface area (Å²) >= 11 is 0. The highest BCUT2D eigenvalue weighted by Crippen LogP contribution is 2.42. The Morgan fingerprint density at radius 3 is 2.61 bits per heavy atom. The first kappa shape index (κ1) is 27.3. The molecular weight excluding hydrogens is 449 g/mol. The number of nitrogens with zero attached hydrogens (tertiary/aromatic N) is 1. The number of unbranched alkanes of at least 4 members (excludes halogenated alkanes) is 2. The summed E-state index contributed by atoms with van der Waals surface area (Å²) in [4.78, 5) is 26.5. The van der Waals surface area contributed by atoms with Gasteiger partial charge in [-0.3, -0.25) is 4.52 Å². The fraction of sp³-hybridized carbons (Fsp3) is 0.636. The van der Waals surface area contributed by atoms with Crippen molar-refractivity contribution in [3.8, 4) is 0 Å². The number of benzene rings is 1. The van der Waals surface area contributed by atoms with Crippen molar-refractivity contribution in [1.82, 2.24) is 10.3 Å². The molecule has 2 rings (SSSR count). The van der Waals surface area contributed by atoms with Crippen LogP contribution in [0.5, 0.6) is 0 Å². The Balaban J connectivity index is 2.11. The Hall–Kier alpha value is -1.97. The molecule has 2 aromatic rings. The van der Waals surface area contributed by atoms with E-state index in [1.54, 1.807) is 27.7 Å². The monoisotopic (exact) mass is 485 g/mol. The van der Waals surface area contributed by atoms with Gasteiger partial charge in [0, 0.05) is 6.42 Å². The van der Waals surface area contributed by atoms with E-state index in [-0.39, 0.29) is 6.61 Å². The van der Waals surface area contributed by atoms with Gasteiger partial charge in [0.15, 0.2) is 11.5 Å². The van der Waals surface area contributed by atoms with Crippen molar-refractivity contribution in [2.24, 2.45) is 5.90 Å². The van der Waals surface area contributed by atoms with Gasteiger partial charge in [-0.1, -0.05) is 25.8 Å². The summed E-state index contributed by atoms with van der Waals surface area (Å²) in [5.74, 6) is 5.54. The summed E-state index contributed by atoms with van der Waals surface area (Å²) in [6, 6.07) is 5.75. The molecule has 0 saturated carbocycles. The molecule has 1 heterocycles. The molecule has 10 nitrogen and oxygen atoms in total. The van der Waals surface area contributed by atoms with E-state index in [2.05, 4.69) is 21.8 Å². The highest BCUT2D eigenvalue weighted by Gasteiger charge is 2.33. The van der Waals surface area contributed by atoms with Crippen molar-refractivity contribution in [3.05, 3.63) is 29.7 Å². The normalized spacial score (nSPS) is 15.7. The molecule has 0 aliphatic heterocycles. The number of fused-ring (bicyclic) bond motifs is 1. The van der Waals surface area contributed by atoms with Crippen LogP contribution in [-0.4, -0.2) is 33.7 Å². The third-order valence-electron chi connectivity index (χ3n) is 4.94. The smallest absolute Gasteiger partial charge is 0.444 e. The number of carbonyl (C=O) groups is 1. The lowest BCUT2D eigenvalue weighted by Gasteiger charge is -2.32. The number of alkyl carbamates (subject to hydrolysis) is 1. The van der Waals surface area contributed by atoms with Crippen LogP contribution in [-0.2, 0) is 31.3 Å². The quantitative estimate of drug-likeness (QED) is 0.219. The number of aryl methyl sites for hydroxylation is 2. The highest BCUT2D eigenvalue weighted by atomic mass is 31.2. The zero-order valence-electron chi connectivity index (χ0n) is 20.1. The standard InChI is InChI=1S/C22H36N3O7P/c1-6-7-8-9-19-24-17-14-16(10-11-18(17)30-19)12-13-22(5,15-29-33(27,28)32-23)25-20(26)31-21(2,3)4/h10-11,14H,6-9,12-13,15,23H2,1-5H3,(H,25,26)(H,27,28)/t22-/m1/s1. The van der Waals surface area contributed by atoms with E-state index in [4.69, 9.17) is 19.6 Å². The number of phosphoric ester groups is 1. The predicted molar refractivity (Wildman–Crippen MR) is 124 cm³/mol. The zero-order valence-corrected chi connectivity index (χ0v) is 20.9. The van der Waals surface area contributed by atoms with Crippen LogP contribution in [0, 0.1) is 0 Å². The molecule has 0 saturated heterocycles. The maximum Gasteiger partial charge on any atom is 0.488 e. The van der Waals surface area contributed by atoms with Gasteiger partial charge >= 0.3 is 13.9 Å². The minimum absolute atomic E-state index is 0.314. The molecule has 0 radical (unpaired) electrons. The summed E-state index contributed by atoms with van der Waals surface area (Å²) in [5, 5.41) is 2.74. The molecule has 0 bridgehead atoms. The average Bonchev–Trinajstić information content (AvgIpc) is 3.12. The number of amides is 1. The van der Waals surface area contributed by atoms with Crippen LogP contribution in [0.2, 0.25) is 0 Å². The number of nitrogens with one attached hydrogen (secondary N) is 1. The molecule has 0 aliphatic carbocycles. The molecule has 1 aromatic carbocycles. The number of nitrogens with two attached hydrogens (primary N) is 1. The van der Waals surface area contributed by atoms with Crippen LogP contribution in [0.4, 0.5) is 4.79 Å². The fourth-order valence-corrected chi connectivity index (χ4v) is 3.71. The Kier molecular flexibility index (Phi) is 9.46. The van der Waals surface area contributed by atoms with Crippen molar-refractivity contribution in [1.29, 1.82) is 0 Å². The Bertz CT molecular complexity index is 973. The lowest BCUT2D eigenvalue weighted by Crippen LogP contribution is -2.51. The summed E-state index contributed by atoms with van der Waals surface area (Å²) in [6.45, 7) is 8.76. The number of rotatable bonds is 12. The molecular formula is C22H36N3O7P. The van der Waals surface area contributed by atoms with Crippen LogP contribution in [0.15, 0.2) is 22.6 Å². The van der Waals surface area contributed by atoms with E-state index in [0.717, 1.165) is 48.2 Å². The molecule has 1 amide bonds. The van der Waals surface area contributed by atoms with Gasteiger partial charge in [-0.05, 0) is 64.7 Å². The third-order valence-corrected chi connectivity index (χ3v) is 5.66. The topological polar surface area (TPSA) is 146 Å². The van der Waals surface area contributed by atoms with Gasteiger partial charge in [-0.15, -0.1) is 0 Å². The summed E-state index contributed by atoms with van der Waals surface area (Å²) in [6.07, 6.45) is 4.34. The molecule has 2 atom stereocenters. The van der Waals surface area contributed by atoms with Gasteiger partial charge in [0.1, 0.15) is 11.1 Å². The summed E-state index contributed by atoms with van der Waals surface area (Å²) in [5.41, 5.74) is 0.725. The van der Waals surface area contributed by atoms with E-state index >= 15 is 0 Å². The largest absolute Gasteiger partial charge is 0.488 e. The van der Waals surface area contributed by atoms with Crippen molar-refractivity contribution in [2.75, 3.05) is 6.61 Å². The van der Waals surface area contributed by atoms with E-state index in [1.165, 1.54) is 0 Å². The van der Waals surface area contributed by atoms with Crippen LogP contribution in [0.1, 0.15) is 71.8 Å². The first-order valence-electron chi connectivity index (χ1n) is 11.1. The maximum absolute atomic E-state index is 12.4. The maximum atomic E-state index is 12.4. The number of aromatic nitrogens is 1. The minimum Gasteiger partial charge on any atom is -0.444 e. The van der Waals surface area contributed by atoms with E-state index in [9.17, 15) is 14.3 Å². The Labute approximate surface area is 194 Å². The molecule has 4 N–H and O–H groups in total. The lowest BCUT2D eigenvalue weighted by atomic mass is 9.94. The molecule has 186 valence electrons. The highest BCUT2D eigenvalue weighted by molar-refractivity contribution is 7.47. The van der Waals surface area contributed by atoms with Gasteiger partial charge in [0.05, 0.1) is 12.1 Å². The molecule has 0 aliphatic rings. The van der Waals surface area contributed by atoms with Crippen LogP contribution < -0.4 is 11.2 Å². The molecule has 0 spiro atoms. The first-order chi connectivity index (χ1) is 15.3. The minimum atomic E-state index is -4.43. The van der Waals surface area contributed by atoms with E-state index in [0.29, 0.717) is 12.8 Å². The molecule has 1 aromatic heterocycles. The zero-order chi connectivity index (χ0) is 24.7. The molecule has 11 heteroatoms. The number of carbonyl (C=O) groups excluding carboxylic acids is 1. The van der Waals surface area contributed by atoms with Gasteiger partial charge < -0.3 is 19.4 Å². The van der Waals surface area contributed by atoms with Crippen molar-refractivity contribution >= 4 is 25.0 Å². The van der Waals surface area contributed by atoms with Gasteiger partial charge in [0.2, 0.25) is 0 Å². The molecule has 33 heavy (non-hydrogen) atoms. The van der Waals surface area contributed by atoms with Gasteiger partial charge in [-0.25, -0.2) is 24.9 Å². The fourth-order valence-electron chi connectivity index (χ4n) is 3.20. The van der Waals surface area contributed by atoms with Crippen LogP contribution in [0.25, 0.3) is 11.1 Å². The SMILES string of the molecule is CCCCCc1nc2cc(CC[C@](C)(COP(=O)(O)ON)NC(=O)OC(C)(C)C)ccc2o1. The third kappa shape index (κ3) is 9.43. The van der Waals surface area contributed by atoms with E-state index in [1.807, 2.05) is 18.2 Å². The number of phosphoric acid groups is 1. The number of ether oxygens (including phenoxy) is 1. The van der Waals surface area contributed by atoms with E-state index < -0.39 is 25.1 Å². The van der Waals surface area contributed by atoms with Crippen molar-refractivity contribution in [3.63, 3.8) is 0 Å². The first-order valence-corrected chi connectivity index (χ1v) is 12.6. The summed E-state index contributed by atoms with van der Waals surface area (Å²) in [7, 11) is -4.43. The second-order valence-electron chi connectivity index (χ2n) is 9.40.